The Morgan fingerprint density at radius 2 is 2.15 bits per heavy atom. The topological polar surface area (TPSA) is 20.3 Å². The number of nitrogens with zero attached hydrogens (tertiary/aromatic N) is 1. The van der Waals surface area contributed by atoms with Gasteiger partial charge in [-0.05, 0) is 18.1 Å². The van der Waals surface area contributed by atoms with Crippen LogP contribution in [0.4, 0.5) is 0 Å². The van der Waals surface area contributed by atoms with Gasteiger partial charge >= 0.3 is 0 Å². The maximum Gasteiger partial charge on any atom is 0.152 e. The number of fused-ring (bicyclic) bond motifs is 1. The molecule has 1 aliphatic rings. The van der Waals surface area contributed by atoms with Crippen LogP contribution in [0.3, 0.4) is 0 Å². The molecule has 2 nitrogen and oxygen atoms in total. The van der Waals surface area contributed by atoms with Gasteiger partial charge in [0.05, 0.1) is 4.90 Å². The molecule has 0 saturated heterocycles. The van der Waals surface area contributed by atoms with E-state index < -0.39 is 11.0 Å². The van der Waals surface area contributed by atoms with Gasteiger partial charge in [0.15, 0.2) is 11.0 Å². The third-order valence-corrected chi connectivity index (χ3v) is 3.49. The standard InChI is InChI=1S/C10H11NOS/c1-11-8-4-6-9-5-2-3-7-10(9)13(11)12/h2-5,7-8H,6H2,1H3. The normalized spacial score (nSPS) is 21.0. The van der Waals surface area contributed by atoms with Crippen LogP contribution in [0, 0.1) is 0 Å². The first-order valence-electron chi connectivity index (χ1n) is 4.18. The summed E-state index contributed by atoms with van der Waals surface area (Å²) in [5, 5.41) is 0. The molecule has 1 aromatic rings. The van der Waals surface area contributed by atoms with Gasteiger partial charge in [0.2, 0.25) is 0 Å². The fourth-order valence-corrected chi connectivity index (χ4v) is 2.46. The SMILES string of the molecule is CN1C=CCc2ccccc2S1=O. The largest absolute Gasteiger partial charge is 0.298 e. The van der Waals surface area contributed by atoms with Gasteiger partial charge in [-0.15, -0.1) is 0 Å². The summed E-state index contributed by atoms with van der Waals surface area (Å²) in [5.74, 6) is 0. The van der Waals surface area contributed by atoms with Crippen molar-refractivity contribution < 1.29 is 4.21 Å². The van der Waals surface area contributed by atoms with Gasteiger partial charge in [-0.2, -0.15) is 0 Å². The fraction of sp³-hybridized carbons (Fsp3) is 0.200. The molecule has 0 bridgehead atoms. The zero-order valence-corrected chi connectivity index (χ0v) is 8.25. The highest BCUT2D eigenvalue weighted by Gasteiger charge is 2.13. The number of benzene rings is 1. The molecular weight excluding hydrogens is 182 g/mol. The van der Waals surface area contributed by atoms with Crippen LogP contribution in [0.25, 0.3) is 0 Å². The van der Waals surface area contributed by atoms with E-state index in [1.165, 1.54) is 0 Å². The van der Waals surface area contributed by atoms with Crippen LogP contribution in [-0.2, 0) is 17.4 Å². The third kappa shape index (κ3) is 1.52. The Balaban J connectivity index is 2.53. The monoisotopic (exact) mass is 193 g/mol. The fourth-order valence-electron chi connectivity index (χ4n) is 1.38. The summed E-state index contributed by atoms with van der Waals surface area (Å²) in [7, 11) is 0.797. The summed E-state index contributed by atoms with van der Waals surface area (Å²) in [5.41, 5.74) is 1.15. The van der Waals surface area contributed by atoms with Crippen molar-refractivity contribution in [3.63, 3.8) is 0 Å². The molecule has 1 aliphatic heterocycles. The molecular formula is C10H11NOS. The van der Waals surface area contributed by atoms with Crippen molar-refractivity contribution in [2.24, 2.45) is 0 Å². The van der Waals surface area contributed by atoms with Crippen molar-refractivity contribution >= 4 is 11.0 Å². The number of rotatable bonds is 0. The van der Waals surface area contributed by atoms with Gasteiger partial charge < -0.3 is 0 Å². The van der Waals surface area contributed by atoms with Crippen molar-refractivity contribution in [2.75, 3.05) is 7.05 Å². The molecule has 1 aromatic carbocycles. The summed E-state index contributed by atoms with van der Waals surface area (Å²) >= 11 is 0. The number of allylic oxidation sites excluding steroid dienone is 1. The van der Waals surface area contributed by atoms with Crippen molar-refractivity contribution in [2.45, 2.75) is 11.3 Å². The maximum absolute atomic E-state index is 11.8. The molecule has 0 amide bonds. The molecule has 13 heavy (non-hydrogen) atoms. The Labute approximate surface area is 80.5 Å². The smallest absolute Gasteiger partial charge is 0.152 e. The summed E-state index contributed by atoms with van der Waals surface area (Å²) in [6.45, 7) is 0. The van der Waals surface area contributed by atoms with Gasteiger partial charge in [-0.25, -0.2) is 4.21 Å². The molecule has 2 rings (SSSR count). The van der Waals surface area contributed by atoms with E-state index in [9.17, 15) is 4.21 Å². The first-order chi connectivity index (χ1) is 6.29. The van der Waals surface area contributed by atoms with Gasteiger partial charge in [-0.1, -0.05) is 24.3 Å². The summed E-state index contributed by atoms with van der Waals surface area (Å²) < 4.78 is 13.6. The van der Waals surface area contributed by atoms with E-state index >= 15 is 0 Å². The Hall–Kier alpha value is -1.09. The highest BCUT2D eigenvalue weighted by Crippen LogP contribution is 2.19. The molecule has 0 N–H and O–H groups in total. The van der Waals surface area contributed by atoms with Crippen LogP contribution in [0.15, 0.2) is 41.4 Å². The van der Waals surface area contributed by atoms with E-state index in [2.05, 4.69) is 0 Å². The average Bonchev–Trinajstić information content (AvgIpc) is 2.29. The zero-order valence-electron chi connectivity index (χ0n) is 7.43. The molecule has 3 heteroatoms. The van der Waals surface area contributed by atoms with Gasteiger partial charge in [-0.3, -0.25) is 4.31 Å². The number of hydrogen-bond acceptors (Lipinski definition) is 1. The predicted octanol–water partition coefficient (Wildman–Crippen LogP) is 1.71. The molecule has 68 valence electrons. The quantitative estimate of drug-likeness (QED) is 0.614. The number of hydrogen-bond donors (Lipinski definition) is 0. The molecule has 0 radical (unpaired) electrons. The van der Waals surface area contributed by atoms with E-state index in [0.29, 0.717) is 0 Å². The van der Waals surface area contributed by atoms with Crippen LogP contribution >= 0.6 is 0 Å². The second-order valence-corrected chi connectivity index (χ2v) is 4.51. The van der Waals surface area contributed by atoms with E-state index in [0.717, 1.165) is 16.9 Å². The van der Waals surface area contributed by atoms with Crippen molar-refractivity contribution in [1.29, 1.82) is 0 Å². The lowest BCUT2D eigenvalue weighted by atomic mass is 10.1. The molecule has 0 saturated carbocycles. The van der Waals surface area contributed by atoms with Gasteiger partial charge in [0, 0.05) is 13.2 Å². The molecule has 1 heterocycles. The highest BCUT2D eigenvalue weighted by molar-refractivity contribution is 7.82. The van der Waals surface area contributed by atoms with Gasteiger partial charge in [0.1, 0.15) is 0 Å². The lowest BCUT2D eigenvalue weighted by molar-refractivity contribution is 0.630. The summed E-state index contributed by atoms with van der Waals surface area (Å²) in [6, 6.07) is 7.86. The van der Waals surface area contributed by atoms with Crippen LogP contribution in [-0.4, -0.2) is 15.6 Å². The minimum absolute atomic E-state index is 0.867. The maximum atomic E-state index is 11.8. The van der Waals surface area contributed by atoms with Crippen LogP contribution in [0.2, 0.25) is 0 Å². The molecule has 0 aromatic heterocycles. The molecule has 0 spiro atoms. The van der Waals surface area contributed by atoms with Crippen LogP contribution in [0.5, 0.6) is 0 Å². The van der Waals surface area contributed by atoms with E-state index in [1.807, 2.05) is 43.6 Å². The van der Waals surface area contributed by atoms with Crippen molar-refractivity contribution in [3.05, 3.63) is 42.1 Å². The molecule has 0 fully saturated rings. The van der Waals surface area contributed by atoms with E-state index in [4.69, 9.17) is 0 Å². The minimum atomic E-state index is -1.03. The highest BCUT2D eigenvalue weighted by atomic mass is 32.2. The average molecular weight is 193 g/mol. The first-order valence-corrected chi connectivity index (χ1v) is 5.29. The lowest BCUT2D eigenvalue weighted by Gasteiger charge is -2.11. The van der Waals surface area contributed by atoms with Crippen LogP contribution in [0.1, 0.15) is 5.56 Å². The second kappa shape index (κ2) is 3.34. The third-order valence-electron chi connectivity index (χ3n) is 2.08. The summed E-state index contributed by atoms with van der Waals surface area (Å²) in [4.78, 5) is 0.926. The summed E-state index contributed by atoms with van der Waals surface area (Å²) in [6.07, 6.45) is 4.77. The molecule has 1 atom stereocenters. The van der Waals surface area contributed by atoms with Crippen molar-refractivity contribution in [1.82, 2.24) is 4.31 Å². The van der Waals surface area contributed by atoms with E-state index in [1.54, 1.807) is 4.31 Å². The second-order valence-electron chi connectivity index (χ2n) is 2.99. The lowest BCUT2D eigenvalue weighted by Crippen LogP contribution is -2.13. The Kier molecular flexibility index (Phi) is 2.19. The Morgan fingerprint density at radius 3 is 3.00 bits per heavy atom. The molecule has 0 aliphatic carbocycles. The predicted molar refractivity (Wildman–Crippen MR) is 53.5 cm³/mol. The van der Waals surface area contributed by atoms with Gasteiger partial charge in [0.25, 0.3) is 0 Å². The molecule has 1 unspecified atom stereocenters. The van der Waals surface area contributed by atoms with Crippen molar-refractivity contribution in [3.8, 4) is 0 Å². The Bertz CT molecular complexity index is 373. The van der Waals surface area contributed by atoms with E-state index in [-0.39, 0.29) is 0 Å². The van der Waals surface area contributed by atoms with Crippen LogP contribution < -0.4 is 0 Å². The minimum Gasteiger partial charge on any atom is -0.298 e. The first kappa shape index (κ1) is 8.51. The zero-order chi connectivity index (χ0) is 9.26. The Morgan fingerprint density at radius 1 is 1.38 bits per heavy atom.